The summed E-state index contributed by atoms with van der Waals surface area (Å²) in [6, 6.07) is 13.2. The van der Waals surface area contributed by atoms with Gasteiger partial charge in [-0.2, -0.15) is 10.2 Å². The molecule has 0 atom stereocenters. The predicted octanol–water partition coefficient (Wildman–Crippen LogP) is 3.71. The second kappa shape index (κ2) is 8.03. The minimum atomic E-state index is -0.430. The van der Waals surface area contributed by atoms with Crippen LogP contribution in [0.15, 0.2) is 59.8 Å². The lowest BCUT2D eigenvalue weighted by Gasteiger charge is -2.05. The molecule has 2 N–H and O–H groups in total. The van der Waals surface area contributed by atoms with Gasteiger partial charge in [0.1, 0.15) is 5.75 Å². The number of hydrazone groups is 1. The molecule has 0 saturated heterocycles. The molecule has 1 heterocycles. The van der Waals surface area contributed by atoms with Crippen LogP contribution in [0.2, 0.25) is 10.0 Å². The van der Waals surface area contributed by atoms with Gasteiger partial charge in [-0.25, -0.2) is 5.43 Å². The van der Waals surface area contributed by atoms with Crippen molar-refractivity contribution in [1.82, 2.24) is 15.2 Å². The molecule has 3 aromatic rings. The molecular formula is C18H14Cl2N4O2. The first-order chi connectivity index (χ1) is 12.5. The van der Waals surface area contributed by atoms with Gasteiger partial charge in [0.15, 0.2) is 5.69 Å². The van der Waals surface area contributed by atoms with E-state index in [9.17, 15) is 9.90 Å². The Labute approximate surface area is 159 Å². The van der Waals surface area contributed by atoms with E-state index in [2.05, 4.69) is 15.6 Å². The Balaban J connectivity index is 1.61. The van der Waals surface area contributed by atoms with E-state index in [1.165, 1.54) is 18.3 Å². The minimum absolute atomic E-state index is 0.164. The van der Waals surface area contributed by atoms with Crippen molar-refractivity contribution >= 4 is 35.3 Å². The number of hydrogen-bond donors (Lipinski definition) is 2. The van der Waals surface area contributed by atoms with Crippen molar-refractivity contribution in [2.45, 2.75) is 6.54 Å². The Kier molecular flexibility index (Phi) is 5.55. The third kappa shape index (κ3) is 4.62. The predicted molar refractivity (Wildman–Crippen MR) is 101 cm³/mol. The van der Waals surface area contributed by atoms with Crippen molar-refractivity contribution < 1.29 is 9.90 Å². The summed E-state index contributed by atoms with van der Waals surface area (Å²) >= 11 is 12.0. The summed E-state index contributed by atoms with van der Waals surface area (Å²) in [5, 5.41) is 18.4. The molecule has 0 aliphatic rings. The van der Waals surface area contributed by atoms with Crippen molar-refractivity contribution in [3.8, 4) is 5.75 Å². The molecule has 8 heteroatoms. The van der Waals surface area contributed by atoms with Crippen molar-refractivity contribution in [2.24, 2.45) is 5.10 Å². The SMILES string of the molecule is O=C(NN=Cc1ccc(O)cc1)c1ccn(Cc2ccc(Cl)cc2Cl)n1. The lowest BCUT2D eigenvalue weighted by molar-refractivity contribution is 0.0949. The van der Waals surface area contributed by atoms with Crippen LogP contribution in [-0.2, 0) is 6.54 Å². The van der Waals surface area contributed by atoms with E-state index in [0.717, 1.165) is 11.1 Å². The maximum Gasteiger partial charge on any atom is 0.291 e. The topological polar surface area (TPSA) is 79.5 Å². The molecule has 6 nitrogen and oxygen atoms in total. The highest BCUT2D eigenvalue weighted by Gasteiger charge is 2.10. The van der Waals surface area contributed by atoms with Crippen molar-refractivity contribution in [1.29, 1.82) is 0 Å². The molecule has 3 rings (SSSR count). The summed E-state index contributed by atoms with van der Waals surface area (Å²) in [6.07, 6.45) is 3.16. The monoisotopic (exact) mass is 388 g/mol. The van der Waals surface area contributed by atoms with Crippen molar-refractivity contribution in [2.75, 3.05) is 0 Å². The largest absolute Gasteiger partial charge is 0.508 e. The Morgan fingerprint density at radius 1 is 1.19 bits per heavy atom. The van der Waals surface area contributed by atoms with E-state index in [4.69, 9.17) is 23.2 Å². The van der Waals surface area contributed by atoms with Gasteiger partial charge in [-0.1, -0.05) is 29.3 Å². The second-order valence-electron chi connectivity index (χ2n) is 5.42. The molecule has 1 amide bonds. The summed E-state index contributed by atoms with van der Waals surface area (Å²) in [5.41, 5.74) is 4.23. The summed E-state index contributed by atoms with van der Waals surface area (Å²) in [6.45, 7) is 0.417. The van der Waals surface area contributed by atoms with Gasteiger partial charge in [-0.3, -0.25) is 9.48 Å². The van der Waals surface area contributed by atoms with Crippen LogP contribution in [0.1, 0.15) is 21.6 Å². The second-order valence-corrected chi connectivity index (χ2v) is 6.27. The zero-order valence-corrected chi connectivity index (χ0v) is 14.9. The van der Waals surface area contributed by atoms with E-state index in [-0.39, 0.29) is 11.4 Å². The Morgan fingerprint density at radius 3 is 2.69 bits per heavy atom. The summed E-state index contributed by atoms with van der Waals surface area (Å²) in [7, 11) is 0. The number of carbonyl (C=O) groups excluding carboxylic acids is 1. The number of rotatable bonds is 5. The Bertz CT molecular complexity index is 952. The number of aromatic hydroxyl groups is 1. The first-order valence-electron chi connectivity index (χ1n) is 7.61. The van der Waals surface area contributed by atoms with Gasteiger partial charge in [0.25, 0.3) is 5.91 Å². The molecule has 2 aromatic carbocycles. The van der Waals surface area contributed by atoms with Crippen LogP contribution in [-0.4, -0.2) is 27.0 Å². The average Bonchev–Trinajstić information content (AvgIpc) is 3.08. The first kappa shape index (κ1) is 18.0. The maximum atomic E-state index is 12.1. The number of halogens is 2. The fraction of sp³-hybridized carbons (Fsp3) is 0.0556. The van der Waals surface area contributed by atoms with Gasteiger partial charge in [0.2, 0.25) is 0 Å². The number of carbonyl (C=O) groups is 1. The highest BCUT2D eigenvalue weighted by atomic mass is 35.5. The van der Waals surface area contributed by atoms with Crippen LogP contribution in [0.25, 0.3) is 0 Å². The number of aromatic nitrogens is 2. The van der Waals surface area contributed by atoms with E-state index >= 15 is 0 Å². The first-order valence-corrected chi connectivity index (χ1v) is 8.37. The molecule has 0 spiro atoms. The molecule has 132 valence electrons. The summed E-state index contributed by atoms with van der Waals surface area (Å²) in [5.74, 6) is -0.265. The zero-order chi connectivity index (χ0) is 18.5. The standard InChI is InChI=1S/C18H14Cl2N4O2/c19-14-4-3-13(16(20)9-14)11-24-8-7-17(23-24)18(26)22-21-10-12-1-5-15(25)6-2-12/h1-10,25H,11H2,(H,22,26). The van der Waals surface area contributed by atoms with Crippen LogP contribution in [0.4, 0.5) is 0 Å². The molecule has 0 aliphatic carbocycles. The van der Waals surface area contributed by atoms with E-state index in [0.29, 0.717) is 16.6 Å². The normalized spacial score (nSPS) is 11.0. The highest BCUT2D eigenvalue weighted by molar-refractivity contribution is 6.35. The van der Waals surface area contributed by atoms with E-state index in [1.807, 2.05) is 6.07 Å². The zero-order valence-electron chi connectivity index (χ0n) is 13.4. The van der Waals surface area contributed by atoms with Gasteiger partial charge >= 0.3 is 0 Å². The molecule has 0 unspecified atom stereocenters. The number of amides is 1. The van der Waals surface area contributed by atoms with Crippen LogP contribution in [0, 0.1) is 0 Å². The lowest BCUT2D eigenvalue weighted by Crippen LogP contribution is -2.18. The maximum absolute atomic E-state index is 12.1. The number of phenols is 1. The summed E-state index contributed by atoms with van der Waals surface area (Å²) < 4.78 is 1.60. The Morgan fingerprint density at radius 2 is 1.96 bits per heavy atom. The molecule has 0 saturated carbocycles. The molecule has 0 bridgehead atoms. The average molecular weight is 389 g/mol. The van der Waals surface area contributed by atoms with E-state index < -0.39 is 5.91 Å². The van der Waals surface area contributed by atoms with Gasteiger partial charge in [-0.05, 0) is 53.6 Å². The quantitative estimate of drug-likeness (QED) is 0.516. The third-order valence-electron chi connectivity index (χ3n) is 3.49. The Hall–Kier alpha value is -2.83. The minimum Gasteiger partial charge on any atom is -0.508 e. The third-order valence-corrected chi connectivity index (χ3v) is 4.08. The van der Waals surface area contributed by atoms with Crippen LogP contribution < -0.4 is 5.43 Å². The lowest BCUT2D eigenvalue weighted by atomic mass is 10.2. The van der Waals surface area contributed by atoms with Crippen molar-refractivity contribution in [3.63, 3.8) is 0 Å². The smallest absolute Gasteiger partial charge is 0.291 e. The number of benzene rings is 2. The fourth-order valence-corrected chi connectivity index (χ4v) is 2.65. The fourth-order valence-electron chi connectivity index (χ4n) is 2.18. The van der Waals surface area contributed by atoms with Crippen molar-refractivity contribution in [3.05, 3.63) is 81.6 Å². The van der Waals surface area contributed by atoms with Gasteiger partial charge in [0.05, 0.1) is 12.8 Å². The number of nitrogens with one attached hydrogen (secondary N) is 1. The molecule has 0 radical (unpaired) electrons. The molecule has 0 aliphatic heterocycles. The number of hydrogen-bond acceptors (Lipinski definition) is 4. The van der Waals surface area contributed by atoms with Gasteiger partial charge in [-0.15, -0.1) is 0 Å². The number of phenolic OH excluding ortho intramolecular Hbond substituents is 1. The number of nitrogens with zero attached hydrogens (tertiary/aromatic N) is 3. The van der Waals surface area contributed by atoms with Gasteiger partial charge in [0, 0.05) is 16.2 Å². The van der Waals surface area contributed by atoms with Crippen LogP contribution in [0.5, 0.6) is 5.75 Å². The van der Waals surface area contributed by atoms with E-state index in [1.54, 1.807) is 41.2 Å². The molecule has 1 aromatic heterocycles. The van der Waals surface area contributed by atoms with Crippen LogP contribution >= 0.6 is 23.2 Å². The molecule has 26 heavy (non-hydrogen) atoms. The summed E-state index contributed by atoms with van der Waals surface area (Å²) in [4.78, 5) is 12.1. The highest BCUT2D eigenvalue weighted by Crippen LogP contribution is 2.21. The molecule has 0 fully saturated rings. The van der Waals surface area contributed by atoms with Crippen LogP contribution in [0.3, 0.4) is 0 Å². The van der Waals surface area contributed by atoms with Gasteiger partial charge < -0.3 is 5.11 Å². The molecular weight excluding hydrogens is 375 g/mol.